The van der Waals surface area contributed by atoms with Crippen LogP contribution in [0, 0.1) is 11.8 Å². The molecule has 2 unspecified atom stereocenters. The molecular formula is C14H17N5. The van der Waals surface area contributed by atoms with Crippen LogP contribution in [-0.4, -0.2) is 33.4 Å². The molecule has 1 saturated heterocycles. The van der Waals surface area contributed by atoms with Gasteiger partial charge in [-0.3, -0.25) is 5.01 Å². The van der Waals surface area contributed by atoms with E-state index in [2.05, 4.69) is 32.7 Å². The molecule has 0 N–H and O–H groups in total. The normalized spacial score (nSPS) is 25.8. The van der Waals surface area contributed by atoms with E-state index in [1.54, 1.807) is 0 Å². The van der Waals surface area contributed by atoms with Crippen molar-refractivity contribution in [1.82, 2.24) is 20.3 Å². The number of fused-ring (bicyclic) bond motifs is 1. The van der Waals surface area contributed by atoms with Gasteiger partial charge in [-0.25, -0.2) is 0 Å². The van der Waals surface area contributed by atoms with Gasteiger partial charge in [-0.05, 0) is 35.1 Å². The summed E-state index contributed by atoms with van der Waals surface area (Å²) >= 11 is 0. The standard InChI is InChI=1S/C14H17N5/c1-2-5-11(6-3-1)14-15-16-17-19(14)18-9-12-7-4-8-13(12)10-18/h1-3,5-6,12-13H,4,7-10H2. The maximum atomic E-state index is 4.19. The monoisotopic (exact) mass is 255 g/mol. The highest BCUT2D eigenvalue weighted by Gasteiger charge is 2.37. The van der Waals surface area contributed by atoms with Crippen molar-refractivity contribution < 1.29 is 0 Å². The lowest BCUT2D eigenvalue weighted by atomic mass is 10.0. The van der Waals surface area contributed by atoms with E-state index in [4.69, 9.17) is 0 Å². The fourth-order valence-electron chi connectivity index (χ4n) is 3.50. The van der Waals surface area contributed by atoms with Crippen LogP contribution >= 0.6 is 0 Å². The first-order valence-electron chi connectivity index (χ1n) is 7.01. The summed E-state index contributed by atoms with van der Waals surface area (Å²) < 4.78 is 0. The second kappa shape index (κ2) is 4.33. The van der Waals surface area contributed by atoms with Crippen LogP contribution in [0.4, 0.5) is 0 Å². The van der Waals surface area contributed by atoms with Crippen LogP contribution in [0.25, 0.3) is 11.4 Å². The maximum Gasteiger partial charge on any atom is 0.204 e. The zero-order valence-corrected chi connectivity index (χ0v) is 10.8. The van der Waals surface area contributed by atoms with E-state index in [-0.39, 0.29) is 0 Å². The fourth-order valence-corrected chi connectivity index (χ4v) is 3.50. The summed E-state index contributed by atoms with van der Waals surface area (Å²) in [4.78, 5) is 1.90. The van der Waals surface area contributed by atoms with Gasteiger partial charge >= 0.3 is 0 Å². The van der Waals surface area contributed by atoms with E-state index < -0.39 is 0 Å². The molecule has 1 saturated carbocycles. The average Bonchev–Trinajstić information content (AvgIpc) is 3.14. The van der Waals surface area contributed by atoms with Crippen LogP contribution in [0.3, 0.4) is 0 Å². The van der Waals surface area contributed by atoms with Gasteiger partial charge in [0.1, 0.15) is 0 Å². The Morgan fingerprint density at radius 2 is 1.74 bits per heavy atom. The number of rotatable bonds is 2. The predicted octanol–water partition coefficient (Wildman–Crippen LogP) is 1.71. The second-order valence-corrected chi connectivity index (χ2v) is 5.58. The van der Waals surface area contributed by atoms with Gasteiger partial charge in [0.2, 0.25) is 5.82 Å². The lowest BCUT2D eigenvalue weighted by Gasteiger charge is -2.19. The summed E-state index contributed by atoms with van der Waals surface area (Å²) in [6.07, 6.45) is 4.12. The van der Waals surface area contributed by atoms with E-state index in [0.717, 1.165) is 36.3 Å². The van der Waals surface area contributed by atoms with Crippen LogP contribution in [-0.2, 0) is 0 Å². The molecule has 1 aromatic carbocycles. The van der Waals surface area contributed by atoms with Gasteiger partial charge < -0.3 is 0 Å². The van der Waals surface area contributed by atoms with Crippen LogP contribution in [0.15, 0.2) is 30.3 Å². The summed E-state index contributed by atoms with van der Waals surface area (Å²) in [5.41, 5.74) is 1.07. The molecular weight excluding hydrogens is 238 g/mol. The lowest BCUT2D eigenvalue weighted by Crippen LogP contribution is -2.34. The maximum absolute atomic E-state index is 4.19. The molecule has 19 heavy (non-hydrogen) atoms. The Hall–Kier alpha value is -1.91. The number of tetrazole rings is 1. The number of hydrogen-bond donors (Lipinski definition) is 0. The van der Waals surface area contributed by atoms with Crippen LogP contribution in [0.1, 0.15) is 19.3 Å². The molecule has 1 aliphatic heterocycles. The van der Waals surface area contributed by atoms with Crippen molar-refractivity contribution in [3.05, 3.63) is 30.3 Å². The lowest BCUT2D eigenvalue weighted by molar-refractivity contribution is 0.494. The summed E-state index contributed by atoms with van der Waals surface area (Å²) in [5, 5.41) is 14.5. The molecule has 0 radical (unpaired) electrons. The van der Waals surface area contributed by atoms with Crippen molar-refractivity contribution in [3.63, 3.8) is 0 Å². The highest BCUT2D eigenvalue weighted by atomic mass is 15.7. The molecule has 2 aliphatic rings. The Balaban J connectivity index is 1.65. The molecule has 2 atom stereocenters. The largest absolute Gasteiger partial charge is 0.293 e. The third kappa shape index (κ3) is 1.80. The minimum atomic E-state index is 0.841. The van der Waals surface area contributed by atoms with Gasteiger partial charge in [0.25, 0.3) is 0 Å². The van der Waals surface area contributed by atoms with E-state index in [9.17, 15) is 0 Å². The van der Waals surface area contributed by atoms with Gasteiger partial charge in [0.15, 0.2) is 0 Å². The molecule has 2 aromatic rings. The molecule has 0 bridgehead atoms. The predicted molar refractivity (Wildman–Crippen MR) is 72.0 cm³/mol. The second-order valence-electron chi connectivity index (χ2n) is 5.58. The quantitative estimate of drug-likeness (QED) is 0.819. The number of hydrogen-bond acceptors (Lipinski definition) is 4. The average molecular weight is 255 g/mol. The van der Waals surface area contributed by atoms with Gasteiger partial charge in [0.05, 0.1) is 0 Å². The Kier molecular flexibility index (Phi) is 2.50. The Morgan fingerprint density at radius 3 is 2.47 bits per heavy atom. The van der Waals surface area contributed by atoms with Crippen molar-refractivity contribution in [2.24, 2.45) is 11.8 Å². The molecule has 5 heteroatoms. The fraction of sp³-hybridized carbons (Fsp3) is 0.500. The minimum Gasteiger partial charge on any atom is -0.293 e. The topological polar surface area (TPSA) is 46.8 Å². The Bertz CT molecular complexity index is 552. The summed E-state index contributed by atoms with van der Waals surface area (Å²) in [6.45, 7) is 2.19. The molecule has 0 spiro atoms. The van der Waals surface area contributed by atoms with Gasteiger partial charge in [-0.15, -0.1) is 9.89 Å². The molecule has 98 valence electrons. The third-order valence-corrected chi connectivity index (χ3v) is 4.46. The van der Waals surface area contributed by atoms with E-state index in [1.165, 1.54) is 19.3 Å². The smallest absolute Gasteiger partial charge is 0.204 e. The van der Waals surface area contributed by atoms with Crippen molar-refractivity contribution in [2.75, 3.05) is 18.1 Å². The van der Waals surface area contributed by atoms with Gasteiger partial charge in [-0.2, -0.15) is 0 Å². The van der Waals surface area contributed by atoms with Crippen LogP contribution in [0.2, 0.25) is 0 Å². The molecule has 0 amide bonds. The highest BCUT2D eigenvalue weighted by molar-refractivity contribution is 5.54. The van der Waals surface area contributed by atoms with Crippen LogP contribution < -0.4 is 5.01 Å². The summed E-state index contributed by atoms with van der Waals surface area (Å²) in [7, 11) is 0. The van der Waals surface area contributed by atoms with Crippen molar-refractivity contribution in [3.8, 4) is 11.4 Å². The first-order chi connectivity index (χ1) is 9.42. The van der Waals surface area contributed by atoms with Gasteiger partial charge in [0, 0.05) is 18.7 Å². The number of aromatic nitrogens is 4. The summed E-state index contributed by atoms with van der Waals surface area (Å²) in [6, 6.07) is 10.2. The third-order valence-electron chi connectivity index (χ3n) is 4.46. The Labute approximate surface area is 112 Å². The molecule has 2 fully saturated rings. The zero-order chi connectivity index (χ0) is 12.7. The SMILES string of the molecule is c1ccc(-c2nnnn2N2CC3CCCC3C2)cc1. The van der Waals surface area contributed by atoms with E-state index >= 15 is 0 Å². The highest BCUT2D eigenvalue weighted by Crippen LogP contribution is 2.37. The van der Waals surface area contributed by atoms with E-state index in [0.29, 0.717) is 0 Å². The minimum absolute atomic E-state index is 0.841. The molecule has 4 rings (SSSR count). The first-order valence-corrected chi connectivity index (χ1v) is 7.01. The Morgan fingerprint density at radius 1 is 1.00 bits per heavy atom. The van der Waals surface area contributed by atoms with Crippen LogP contribution in [0.5, 0.6) is 0 Å². The molecule has 5 nitrogen and oxygen atoms in total. The zero-order valence-electron chi connectivity index (χ0n) is 10.8. The summed E-state index contributed by atoms with van der Waals surface area (Å²) in [5.74, 6) is 2.53. The van der Waals surface area contributed by atoms with E-state index in [1.807, 2.05) is 23.0 Å². The number of benzene rings is 1. The molecule has 1 aliphatic carbocycles. The van der Waals surface area contributed by atoms with Crippen molar-refractivity contribution in [2.45, 2.75) is 19.3 Å². The van der Waals surface area contributed by atoms with Crippen molar-refractivity contribution >= 4 is 0 Å². The first kappa shape index (κ1) is 11.0. The molecule has 2 heterocycles. The van der Waals surface area contributed by atoms with Gasteiger partial charge in [-0.1, -0.05) is 36.8 Å². The number of nitrogens with zero attached hydrogens (tertiary/aromatic N) is 5. The molecule has 1 aromatic heterocycles. The van der Waals surface area contributed by atoms with Crippen molar-refractivity contribution in [1.29, 1.82) is 0 Å².